The van der Waals surface area contributed by atoms with Crippen molar-refractivity contribution in [2.75, 3.05) is 32.9 Å². The fourth-order valence-corrected chi connectivity index (χ4v) is 2.75. The van der Waals surface area contributed by atoms with Gasteiger partial charge in [-0.3, -0.25) is 0 Å². The molecule has 18 heavy (non-hydrogen) atoms. The van der Waals surface area contributed by atoms with Gasteiger partial charge in [0.2, 0.25) is 0 Å². The van der Waals surface area contributed by atoms with Gasteiger partial charge in [-0.25, -0.2) is 0 Å². The summed E-state index contributed by atoms with van der Waals surface area (Å²) in [5.41, 5.74) is 0.325. The summed E-state index contributed by atoms with van der Waals surface area (Å²) in [6, 6.07) is 0. The molecular weight excluding hydrogens is 226 g/mol. The lowest BCUT2D eigenvalue weighted by atomic mass is 9.77. The molecule has 0 amide bonds. The molecule has 1 saturated heterocycles. The average molecular weight is 257 g/mol. The highest BCUT2D eigenvalue weighted by atomic mass is 16.5. The Morgan fingerprint density at radius 3 is 2.78 bits per heavy atom. The van der Waals surface area contributed by atoms with Gasteiger partial charge in [-0.2, -0.15) is 0 Å². The van der Waals surface area contributed by atoms with Gasteiger partial charge in [0, 0.05) is 31.8 Å². The van der Waals surface area contributed by atoms with E-state index in [0.29, 0.717) is 17.4 Å². The number of hydrogen-bond acceptors (Lipinski definition) is 3. The molecule has 1 heterocycles. The van der Waals surface area contributed by atoms with Gasteiger partial charge in [-0.05, 0) is 45.6 Å². The molecule has 0 aromatic carbocycles. The van der Waals surface area contributed by atoms with Crippen LogP contribution < -0.4 is 5.32 Å². The van der Waals surface area contributed by atoms with Crippen molar-refractivity contribution in [2.45, 2.75) is 53.1 Å². The first kappa shape index (κ1) is 15.9. The van der Waals surface area contributed by atoms with E-state index >= 15 is 0 Å². The largest absolute Gasteiger partial charge is 0.382 e. The van der Waals surface area contributed by atoms with Crippen LogP contribution in [0.1, 0.15) is 47.0 Å². The molecule has 1 fully saturated rings. The van der Waals surface area contributed by atoms with E-state index in [0.717, 1.165) is 39.3 Å². The second kappa shape index (κ2) is 8.13. The van der Waals surface area contributed by atoms with Crippen molar-refractivity contribution in [3.8, 4) is 0 Å². The molecule has 0 aromatic rings. The van der Waals surface area contributed by atoms with Crippen molar-refractivity contribution in [1.82, 2.24) is 5.32 Å². The zero-order valence-corrected chi connectivity index (χ0v) is 12.6. The molecule has 1 aliphatic heterocycles. The van der Waals surface area contributed by atoms with Crippen molar-refractivity contribution < 1.29 is 9.47 Å². The smallest absolute Gasteiger partial charge is 0.0616 e. The summed E-state index contributed by atoms with van der Waals surface area (Å²) in [6.07, 6.45) is 3.91. The average Bonchev–Trinajstić information content (AvgIpc) is 2.67. The Morgan fingerprint density at radius 2 is 2.22 bits per heavy atom. The van der Waals surface area contributed by atoms with Gasteiger partial charge >= 0.3 is 0 Å². The molecule has 3 heteroatoms. The first-order valence-electron chi connectivity index (χ1n) is 7.51. The van der Waals surface area contributed by atoms with Crippen LogP contribution in [0.2, 0.25) is 0 Å². The topological polar surface area (TPSA) is 30.5 Å². The Balaban J connectivity index is 2.38. The predicted molar refractivity (Wildman–Crippen MR) is 75.9 cm³/mol. The molecule has 2 unspecified atom stereocenters. The van der Waals surface area contributed by atoms with Crippen LogP contribution in [0.3, 0.4) is 0 Å². The third-order valence-corrected chi connectivity index (χ3v) is 4.03. The minimum Gasteiger partial charge on any atom is -0.382 e. The summed E-state index contributed by atoms with van der Waals surface area (Å²) in [6.45, 7) is 13.6. The number of nitrogens with one attached hydrogen (secondary N) is 1. The van der Waals surface area contributed by atoms with Crippen molar-refractivity contribution in [3.63, 3.8) is 0 Å². The molecule has 0 bridgehead atoms. The van der Waals surface area contributed by atoms with E-state index in [9.17, 15) is 0 Å². The van der Waals surface area contributed by atoms with E-state index in [4.69, 9.17) is 9.47 Å². The molecule has 3 nitrogen and oxygen atoms in total. The minimum absolute atomic E-state index is 0.325. The van der Waals surface area contributed by atoms with Crippen LogP contribution >= 0.6 is 0 Å². The van der Waals surface area contributed by atoms with Crippen LogP contribution in [0.15, 0.2) is 0 Å². The van der Waals surface area contributed by atoms with Crippen molar-refractivity contribution >= 4 is 0 Å². The van der Waals surface area contributed by atoms with E-state index < -0.39 is 0 Å². The molecule has 1 N–H and O–H groups in total. The number of hydrogen-bond donors (Lipinski definition) is 1. The highest BCUT2D eigenvalue weighted by Crippen LogP contribution is 2.38. The van der Waals surface area contributed by atoms with Gasteiger partial charge < -0.3 is 14.8 Å². The van der Waals surface area contributed by atoms with E-state index in [1.54, 1.807) is 0 Å². The van der Waals surface area contributed by atoms with Gasteiger partial charge in [0.15, 0.2) is 0 Å². The van der Waals surface area contributed by atoms with E-state index in [-0.39, 0.29) is 0 Å². The SMILES string of the molecule is CCOCCCC1(CNCC(C)C)CCOC1C. The zero-order valence-electron chi connectivity index (χ0n) is 12.6. The Labute approximate surface area is 113 Å². The lowest BCUT2D eigenvalue weighted by Gasteiger charge is -2.33. The summed E-state index contributed by atoms with van der Waals surface area (Å²) in [4.78, 5) is 0. The van der Waals surface area contributed by atoms with E-state index in [2.05, 4.69) is 33.0 Å². The third kappa shape index (κ3) is 4.87. The first-order chi connectivity index (χ1) is 8.60. The molecule has 108 valence electrons. The second-order valence-corrected chi connectivity index (χ2v) is 5.95. The molecule has 0 saturated carbocycles. The zero-order chi connectivity index (χ0) is 13.4. The summed E-state index contributed by atoms with van der Waals surface area (Å²) in [5.74, 6) is 0.711. The van der Waals surface area contributed by atoms with Crippen molar-refractivity contribution in [1.29, 1.82) is 0 Å². The maximum absolute atomic E-state index is 5.80. The fourth-order valence-electron chi connectivity index (χ4n) is 2.75. The molecular formula is C15H31NO2. The monoisotopic (exact) mass is 257 g/mol. The quantitative estimate of drug-likeness (QED) is 0.644. The Morgan fingerprint density at radius 1 is 1.44 bits per heavy atom. The van der Waals surface area contributed by atoms with Crippen LogP contribution in [-0.4, -0.2) is 39.0 Å². The van der Waals surface area contributed by atoms with Gasteiger partial charge in [-0.1, -0.05) is 13.8 Å². The molecule has 1 aliphatic rings. The van der Waals surface area contributed by atoms with Crippen molar-refractivity contribution in [3.05, 3.63) is 0 Å². The lowest BCUT2D eigenvalue weighted by molar-refractivity contribution is 0.0498. The Bertz CT molecular complexity index is 221. The highest BCUT2D eigenvalue weighted by molar-refractivity contribution is 4.91. The normalized spacial score (nSPS) is 28.2. The number of rotatable bonds is 9. The molecule has 0 spiro atoms. The predicted octanol–water partition coefficient (Wildman–Crippen LogP) is 2.84. The van der Waals surface area contributed by atoms with Gasteiger partial charge in [0.05, 0.1) is 6.10 Å². The molecule has 0 aliphatic carbocycles. The van der Waals surface area contributed by atoms with Crippen LogP contribution in [0.5, 0.6) is 0 Å². The Kier molecular flexibility index (Phi) is 7.20. The lowest BCUT2D eigenvalue weighted by Crippen LogP contribution is -2.40. The second-order valence-electron chi connectivity index (χ2n) is 5.95. The van der Waals surface area contributed by atoms with Crippen molar-refractivity contribution in [2.24, 2.45) is 11.3 Å². The summed E-state index contributed by atoms with van der Waals surface area (Å²) in [7, 11) is 0. The fraction of sp³-hybridized carbons (Fsp3) is 1.00. The first-order valence-corrected chi connectivity index (χ1v) is 7.51. The van der Waals surface area contributed by atoms with Crippen LogP contribution in [0, 0.1) is 11.3 Å². The van der Waals surface area contributed by atoms with Crippen LogP contribution in [0.25, 0.3) is 0 Å². The van der Waals surface area contributed by atoms with E-state index in [1.807, 2.05) is 0 Å². The summed E-state index contributed by atoms with van der Waals surface area (Å²) < 4.78 is 11.3. The molecule has 0 aromatic heterocycles. The standard InChI is InChI=1S/C15H31NO2/c1-5-17-9-6-7-15(8-10-18-14(15)4)12-16-11-13(2)3/h13-14,16H,5-12H2,1-4H3. The van der Waals surface area contributed by atoms with Gasteiger partial charge in [0.1, 0.15) is 0 Å². The Hall–Kier alpha value is -0.120. The number of ether oxygens (including phenoxy) is 2. The summed E-state index contributed by atoms with van der Waals surface area (Å²) in [5, 5.41) is 3.62. The summed E-state index contributed by atoms with van der Waals surface area (Å²) >= 11 is 0. The maximum atomic E-state index is 5.80. The van der Waals surface area contributed by atoms with Crippen LogP contribution in [0.4, 0.5) is 0 Å². The van der Waals surface area contributed by atoms with E-state index in [1.165, 1.54) is 12.8 Å². The highest BCUT2D eigenvalue weighted by Gasteiger charge is 2.40. The molecule has 0 radical (unpaired) electrons. The van der Waals surface area contributed by atoms with Crippen LogP contribution in [-0.2, 0) is 9.47 Å². The van der Waals surface area contributed by atoms with Gasteiger partial charge in [-0.15, -0.1) is 0 Å². The van der Waals surface area contributed by atoms with Gasteiger partial charge in [0.25, 0.3) is 0 Å². The third-order valence-electron chi connectivity index (χ3n) is 4.03. The minimum atomic E-state index is 0.325. The maximum Gasteiger partial charge on any atom is 0.0616 e. The molecule has 2 atom stereocenters. The molecule has 1 rings (SSSR count).